The van der Waals surface area contributed by atoms with Crippen LogP contribution in [0.15, 0.2) is 29.2 Å². The van der Waals surface area contributed by atoms with Gasteiger partial charge in [-0.05, 0) is 25.0 Å². The van der Waals surface area contributed by atoms with Crippen LogP contribution < -0.4 is 9.46 Å². The van der Waals surface area contributed by atoms with Crippen molar-refractivity contribution in [3.05, 3.63) is 24.3 Å². The van der Waals surface area contributed by atoms with Crippen molar-refractivity contribution in [1.82, 2.24) is 9.62 Å². The number of carbonyl (C=O) groups is 1. The first-order chi connectivity index (χ1) is 11.5. The van der Waals surface area contributed by atoms with Crippen LogP contribution in [0.4, 0.5) is 13.2 Å². The molecule has 1 saturated heterocycles. The van der Waals surface area contributed by atoms with E-state index in [1.165, 1.54) is 6.07 Å². The minimum atomic E-state index is -4.91. The Bertz CT molecular complexity index is 715. The van der Waals surface area contributed by atoms with Crippen LogP contribution in [0.5, 0.6) is 5.75 Å². The Kier molecular flexibility index (Phi) is 5.91. The molecule has 0 amide bonds. The summed E-state index contributed by atoms with van der Waals surface area (Å²) in [6, 6.07) is 3.73. The number of likely N-dealkylation sites (tertiary alicyclic amines) is 1. The van der Waals surface area contributed by atoms with Crippen molar-refractivity contribution in [2.75, 3.05) is 19.6 Å². The maximum absolute atomic E-state index is 12.3. The van der Waals surface area contributed by atoms with Gasteiger partial charge >= 0.3 is 12.3 Å². The van der Waals surface area contributed by atoms with Crippen molar-refractivity contribution in [1.29, 1.82) is 0 Å². The van der Waals surface area contributed by atoms with Crippen LogP contribution in [0.1, 0.15) is 12.8 Å². The van der Waals surface area contributed by atoms with Gasteiger partial charge < -0.3 is 9.84 Å². The molecule has 1 aliphatic rings. The second-order valence-electron chi connectivity index (χ2n) is 5.59. The average molecular weight is 382 g/mol. The molecule has 2 rings (SSSR count). The summed E-state index contributed by atoms with van der Waals surface area (Å²) in [5, 5.41) is 8.73. The number of piperidine rings is 1. The van der Waals surface area contributed by atoms with E-state index in [4.69, 9.17) is 5.11 Å². The zero-order valence-electron chi connectivity index (χ0n) is 13.0. The van der Waals surface area contributed by atoms with Gasteiger partial charge in [-0.25, -0.2) is 13.1 Å². The number of nitrogens with one attached hydrogen (secondary N) is 1. The summed E-state index contributed by atoms with van der Waals surface area (Å²) in [6.45, 7) is 0.712. The van der Waals surface area contributed by atoms with Crippen LogP contribution in [0.3, 0.4) is 0 Å². The molecule has 0 radical (unpaired) electrons. The summed E-state index contributed by atoms with van der Waals surface area (Å²) in [5.41, 5.74) is 0. The van der Waals surface area contributed by atoms with E-state index in [1.807, 2.05) is 0 Å². The Balaban J connectivity index is 2.00. The highest BCUT2D eigenvalue weighted by molar-refractivity contribution is 7.89. The lowest BCUT2D eigenvalue weighted by atomic mass is 10.1. The standard InChI is InChI=1S/C14H17F3N2O5S/c15-14(16,17)24-11-2-1-3-12(8-11)25(22,23)18-10-4-6-19(7-5-10)9-13(20)21/h1-3,8,10,18H,4-7,9H2,(H,20,21). The first kappa shape index (κ1) is 19.5. The smallest absolute Gasteiger partial charge is 0.480 e. The molecule has 11 heteroatoms. The minimum Gasteiger partial charge on any atom is -0.480 e. The van der Waals surface area contributed by atoms with Crippen LogP contribution in [-0.2, 0) is 14.8 Å². The lowest BCUT2D eigenvalue weighted by molar-refractivity contribution is -0.274. The Labute approximate surface area is 142 Å². The number of carboxylic acid groups (broad SMARTS) is 1. The average Bonchev–Trinajstić information content (AvgIpc) is 2.47. The van der Waals surface area contributed by atoms with E-state index in [1.54, 1.807) is 4.90 Å². The minimum absolute atomic E-state index is 0.115. The van der Waals surface area contributed by atoms with Crippen LogP contribution in [-0.4, -0.2) is 56.4 Å². The third-order valence-electron chi connectivity index (χ3n) is 3.62. The van der Waals surface area contributed by atoms with Gasteiger partial charge in [-0.1, -0.05) is 6.07 Å². The summed E-state index contributed by atoms with van der Waals surface area (Å²) in [4.78, 5) is 12.0. The zero-order chi connectivity index (χ0) is 18.7. The number of hydrogen-bond donors (Lipinski definition) is 2. The van der Waals surface area contributed by atoms with Crippen LogP contribution in [0.2, 0.25) is 0 Å². The van der Waals surface area contributed by atoms with Crippen molar-refractivity contribution in [3.8, 4) is 5.75 Å². The monoisotopic (exact) mass is 382 g/mol. The largest absolute Gasteiger partial charge is 0.573 e. The van der Waals surface area contributed by atoms with Crippen LogP contribution in [0.25, 0.3) is 0 Å². The van der Waals surface area contributed by atoms with E-state index in [9.17, 15) is 26.4 Å². The van der Waals surface area contributed by atoms with Gasteiger partial charge in [0, 0.05) is 25.2 Å². The Morgan fingerprint density at radius 3 is 2.52 bits per heavy atom. The summed E-state index contributed by atoms with van der Waals surface area (Å²) in [7, 11) is -4.01. The van der Waals surface area contributed by atoms with Gasteiger partial charge in [0.15, 0.2) is 0 Å². The third-order valence-corrected chi connectivity index (χ3v) is 5.14. The molecule has 7 nitrogen and oxygen atoms in total. The van der Waals surface area contributed by atoms with E-state index in [-0.39, 0.29) is 11.4 Å². The van der Waals surface area contributed by atoms with Gasteiger partial charge in [0.1, 0.15) is 5.75 Å². The third kappa shape index (κ3) is 6.18. The van der Waals surface area contributed by atoms with Gasteiger partial charge in [0.2, 0.25) is 10.0 Å². The second-order valence-corrected chi connectivity index (χ2v) is 7.30. The van der Waals surface area contributed by atoms with E-state index < -0.39 is 34.1 Å². The number of rotatable bonds is 6. The number of sulfonamides is 1. The van der Waals surface area contributed by atoms with Crippen molar-refractivity contribution in [2.24, 2.45) is 0 Å². The van der Waals surface area contributed by atoms with Gasteiger partial charge in [-0.2, -0.15) is 0 Å². The molecule has 0 aliphatic carbocycles. The van der Waals surface area contributed by atoms with Crippen molar-refractivity contribution < 1.29 is 36.2 Å². The normalized spacial score (nSPS) is 17.4. The van der Waals surface area contributed by atoms with Crippen molar-refractivity contribution >= 4 is 16.0 Å². The molecule has 0 saturated carbocycles. The van der Waals surface area contributed by atoms with Crippen molar-refractivity contribution in [2.45, 2.75) is 30.1 Å². The first-order valence-corrected chi connectivity index (χ1v) is 8.86. The summed E-state index contributed by atoms with van der Waals surface area (Å²) in [6.07, 6.45) is -4.09. The molecular formula is C14H17F3N2O5S. The topological polar surface area (TPSA) is 95.9 Å². The lowest BCUT2D eigenvalue weighted by Gasteiger charge is -2.31. The Morgan fingerprint density at radius 2 is 1.96 bits per heavy atom. The number of aliphatic carboxylic acids is 1. The number of benzene rings is 1. The number of carboxylic acids is 1. The lowest BCUT2D eigenvalue weighted by Crippen LogP contribution is -2.45. The number of alkyl halides is 3. The molecule has 0 aromatic heterocycles. The highest BCUT2D eigenvalue weighted by Gasteiger charge is 2.32. The van der Waals surface area contributed by atoms with Crippen LogP contribution in [0, 0.1) is 0 Å². The van der Waals surface area contributed by atoms with E-state index in [0.29, 0.717) is 25.9 Å². The van der Waals surface area contributed by atoms with Gasteiger partial charge in [0.05, 0.1) is 11.4 Å². The number of hydrogen-bond acceptors (Lipinski definition) is 5. The van der Waals surface area contributed by atoms with Crippen molar-refractivity contribution in [3.63, 3.8) is 0 Å². The molecule has 1 aromatic rings. The molecule has 0 atom stereocenters. The maximum Gasteiger partial charge on any atom is 0.573 e. The van der Waals surface area contributed by atoms with Gasteiger partial charge in [-0.3, -0.25) is 9.69 Å². The first-order valence-electron chi connectivity index (χ1n) is 7.37. The highest BCUT2D eigenvalue weighted by Crippen LogP contribution is 2.25. The fourth-order valence-electron chi connectivity index (χ4n) is 2.53. The molecule has 1 aliphatic heterocycles. The molecular weight excluding hydrogens is 365 g/mol. The van der Waals surface area contributed by atoms with E-state index in [0.717, 1.165) is 18.2 Å². The molecule has 1 heterocycles. The fraction of sp³-hybridized carbons (Fsp3) is 0.500. The summed E-state index contributed by atoms with van der Waals surface area (Å²) in [5.74, 6) is -1.58. The zero-order valence-corrected chi connectivity index (χ0v) is 13.8. The number of ether oxygens (including phenoxy) is 1. The molecule has 0 spiro atoms. The quantitative estimate of drug-likeness (QED) is 0.773. The molecule has 140 valence electrons. The number of halogens is 3. The molecule has 0 unspecified atom stereocenters. The van der Waals surface area contributed by atoms with E-state index in [2.05, 4.69) is 9.46 Å². The molecule has 0 bridgehead atoms. The number of nitrogens with zero attached hydrogens (tertiary/aromatic N) is 1. The SMILES string of the molecule is O=C(O)CN1CCC(NS(=O)(=O)c2cccc(OC(F)(F)F)c2)CC1. The highest BCUT2D eigenvalue weighted by atomic mass is 32.2. The second kappa shape index (κ2) is 7.58. The summed E-state index contributed by atoms with van der Waals surface area (Å²) >= 11 is 0. The Hall–Kier alpha value is -1.85. The Morgan fingerprint density at radius 1 is 1.32 bits per heavy atom. The van der Waals surface area contributed by atoms with Gasteiger partial charge in [0.25, 0.3) is 0 Å². The maximum atomic E-state index is 12.3. The van der Waals surface area contributed by atoms with E-state index >= 15 is 0 Å². The van der Waals surface area contributed by atoms with Gasteiger partial charge in [-0.15, -0.1) is 13.2 Å². The molecule has 2 N–H and O–H groups in total. The predicted molar refractivity (Wildman–Crippen MR) is 80.5 cm³/mol. The predicted octanol–water partition coefficient (Wildman–Crippen LogP) is 1.41. The fourth-order valence-corrected chi connectivity index (χ4v) is 3.87. The molecule has 25 heavy (non-hydrogen) atoms. The summed E-state index contributed by atoms with van der Waals surface area (Å²) < 4.78 is 67.5. The molecule has 1 aromatic carbocycles. The molecule has 1 fully saturated rings. The van der Waals surface area contributed by atoms with Crippen LogP contribution >= 0.6 is 0 Å².